The van der Waals surface area contributed by atoms with Gasteiger partial charge < -0.3 is 14.5 Å². The Morgan fingerprint density at radius 1 is 0.914 bits per heavy atom. The molecule has 0 radical (unpaired) electrons. The summed E-state index contributed by atoms with van der Waals surface area (Å²) in [6, 6.07) is 6.24. The third-order valence-corrected chi connectivity index (χ3v) is 5.53. The molecule has 2 aromatic heterocycles. The van der Waals surface area contributed by atoms with Crippen LogP contribution in [0.2, 0.25) is 0 Å². The number of anilines is 2. The predicted molar refractivity (Wildman–Crippen MR) is 115 cm³/mol. The van der Waals surface area contributed by atoms with Crippen molar-refractivity contribution in [1.29, 1.82) is 0 Å². The Balaban J connectivity index is 1.60. The Morgan fingerprint density at radius 2 is 1.63 bits per heavy atom. The van der Waals surface area contributed by atoms with E-state index in [9.17, 15) is 26.3 Å². The molecule has 0 saturated carbocycles. The second kappa shape index (κ2) is 9.19. The Bertz CT molecular complexity index is 1180. The third-order valence-electron chi connectivity index (χ3n) is 5.53. The molecule has 7 nitrogen and oxygen atoms in total. The lowest BCUT2D eigenvalue weighted by Gasteiger charge is -2.41. The highest BCUT2D eigenvalue weighted by Crippen LogP contribution is 2.36. The summed E-state index contributed by atoms with van der Waals surface area (Å²) in [4.78, 5) is 20.1. The third kappa shape index (κ3) is 5.23. The van der Waals surface area contributed by atoms with Crippen molar-refractivity contribution in [3.8, 4) is 17.4 Å². The van der Waals surface area contributed by atoms with Crippen LogP contribution in [0.4, 0.5) is 38.1 Å². The van der Waals surface area contributed by atoms with Crippen molar-refractivity contribution in [2.24, 2.45) is 0 Å². The first-order valence-corrected chi connectivity index (χ1v) is 10.5. The number of alkyl halides is 6. The molecule has 186 valence electrons. The predicted octanol–water partition coefficient (Wildman–Crippen LogP) is 4.69. The maximum Gasteiger partial charge on any atom is 0.419 e. The second-order valence-corrected chi connectivity index (χ2v) is 7.88. The number of rotatable bonds is 4. The van der Waals surface area contributed by atoms with Gasteiger partial charge in [-0.3, -0.25) is 0 Å². The van der Waals surface area contributed by atoms with E-state index in [4.69, 9.17) is 4.74 Å². The zero-order valence-corrected chi connectivity index (χ0v) is 18.6. The van der Waals surface area contributed by atoms with Gasteiger partial charge in [-0.25, -0.2) is 4.98 Å². The number of methoxy groups -OCH3 is 1. The van der Waals surface area contributed by atoms with Crippen LogP contribution < -0.4 is 14.5 Å². The molecular formula is C22H20F6N6O. The summed E-state index contributed by atoms with van der Waals surface area (Å²) < 4.78 is 84.2. The summed E-state index contributed by atoms with van der Waals surface area (Å²) in [6.45, 7) is 2.50. The molecule has 1 atom stereocenters. The smallest absolute Gasteiger partial charge is 0.419 e. The van der Waals surface area contributed by atoms with Crippen LogP contribution in [0, 0.1) is 0 Å². The Hall–Kier alpha value is -3.64. The maximum absolute atomic E-state index is 13.4. The van der Waals surface area contributed by atoms with E-state index in [-0.39, 0.29) is 49.3 Å². The molecule has 3 aromatic rings. The van der Waals surface area contributed by atoms with Crippen LogP contribution in [0.15, 0.2) is 42.6 Å². The lowest BCUT2D eigenvalue weighted by atomic mass is 10.1. The molecule has 0 bridgehead atoms. The highest BCUT2D eigenvalue weighted by Gasteiger charge is 2.37. The van der Waals surface area contributed by atoms with Gasteiger partial charge in [-0.2, -0.15) is 41.3 Å². The lowest BCUT2D eigenvalue weighted by Crippen LogP contribution is -2.53. The molecule has 0 N–H and O–H groups in total. The van der Waals surface area contributed by atoms with Crippen molar-refractivity contribution < 1.29 is 31.1 Å². The van der Waals surface area contributed by atoms with Crippen molar-refractivity contribution in [2.45, 2.75) is 25.3 Å². The standard InChI is InChI=1S/C22H20F6N6O/c1-13-12-33(18-16(22(26,27)28)4-3-9-29-18)10-11-34(13)19-30-17(31-20(32-19)35-2)14-5-7-15(8-6-14)21(23,24)25/h3-9,13H,10-12H2,1-2H3/t13-/m0/s1. The minimum absolute atomic E-state index is 0.0383. The number of halogens is 6. The van der Waals surface area contributed by atoms with Gasteiger partial charge in [0.2, 0.25) is 5.95 Å². The second-order valence-electron chi connectivity index (χ2n) is 7.88. The van der Waals surface area contributed by atoms with Gasteiger partial charge in [0.1, 0.15) is 5.82 Å². The van der Waals surface area contributed by atoms with Crippen LogP contribution in [0.5, 0.6) is 6.01 Å². The molecular weight excluding hydrogens is 478 g/mol. The van der Waals surface area contributed by atoms with E-state index >= 15 is 0 Å². The fourth-order valence-electron chi connectivity index (χ4n) is 3.82. The van der Waals surface area contributed by atoms with Crippen molar-refractivity contribution in [3.63, 3.8) is 0 Å². The molecule has 1 fully saturated rings. The molecule has 1 aliphatic rings. The Labute approximate surface area is 196 Å². The van der Waals surface area contributed by atoms with Crippen LogP contribution >= 0.6 is 0 Å². The number of nitrogens with zero attached hydrogens (tertiary/aromatic N) is 6. The van der Waals surface area contributed by atoms with Crippen LogP contribution in [0.3, 0.4) is 0 Å². The van der Waals surface area contributed by atoms with E-state index in [0.717, 1.165) is 18.2 Å². The highest BCUT2D eigenvalue weighted by molar-refractivity contribution is 5.58. The van der Waals surface area contributed by atoms with Gasteiger partial charge in [0.05, 0.1) is 18.2 Å². The van der Waals surface area contributed by atoms with Crippen LogP contribution in [-0.2, 0) is 12.4 Å². The number of ether oxygens (including phenoxy) is 1. The maximum atomic E-state index is 13.4. The van der Waals surface area contributed by atoms with Crippen LogP contribution in [-0.4, -0.2) is 52.7 Å². The first-order valence-electron chi connectivity index (χ1n) is 10.5. The number of pyridine rings is 1. The van der Waals surface area contributed by atoms with Gasteiger partial charge in [-0.05, 0) is 31.2 Å². The molecule has 35 heavy (non-hydrogen) atoms. The molecule has 0 aliphatic carbocycles. The molecule has 0 amide bonds. The van der Waals surface area contributed by atoms with E-state index in [1.807, 2.05) is 0 Å². The first-order chi connectivity index (χ1) is 16.5. The summed E-state index contributed by atoms with van der Waals surface area (Å²) in [6.07, 6.45) is -7.70. The molecule has 3 heterocycles. The summed E-state index contributed by atoms with van der Waals surface area (Å²) in [7, 11) is 1.34. The normalized spacial score (nSPS) is 17.0. The minimum atomic E-state index is -4.54. The molecule has 4 rings (SSSR count). The zero-order valence-electron chi connectivity index (χ0n) is 18.6. The van der Waals surface area contributed by atoms with E-state index in [2.05, 4.69) is 19.9 Å². The van der Waals surface area contributed by atoms with Gasteiger partial charge in [-0.15, -0.1) is 0 Å². The van der Waals surface area contributed by atoms with Gasteiger partial charge in [0.25, 0.3) is 0 Å². The van der Waals surface area contributed by atoms with Crippen molar-refractivity contribution in [3.05, 3.63) is 53.7 Å². The summed E-state index contributed by atoms with van der Waals surface area (Å²) in [5.41, 5.74) is -1.29. The minimum Gasteiger partial charge on any atom is -0.467 e. The molecule has 1 aliphatic heterocycles. The average Bonchev–Trinajstić information content (AvgIpc) is 2.82. The summed E-state index contributed by atoms with van der Waals surface area (Å²) >= 11 is 0. The first kappa shape index (κ1) is 24.5. The average molecular weight is 498 g/mol. The van der Waals surface area contributed by atoms with Crippen molar-refractivity contribution in [2.75, 3.05) is 36.5 Å². The van der Waals surface area contributed by atoms with E-state index in [1.54, 1.807) is 16.7 Å². The van der Waals surface area contributed by atoms with E-state index in [1.165, 1.54) is 31.5 Å². The highest BCUT2D eigenvalue weighted by atomic mass is 19.4. The molecule has 13 heteroatoms. The number of hydrogen-bond donors (Lipinski definition) is 0. The van der Waals surface area contributed by atoms with Crippen molar-refractivity contribution in [1.82, 2.24) is 19.9 Å². The van der Waals surface area contributed by atoms with Crippen LogP contribution in [0.1, 0.15) is 18.1 Å². The van der Waals surface area contributed by atoms with E-state index < -0.39 is 23.5 Å². The summed E-state index contributed by atoms with van der Waals surface area (Å²) in [5, 5.41) is 0. The van der Waals surface area contributed by atoms with E-state index in [0.29, 0.717) is 5.56 Å². The quantitative estimate of drug-likeness (QED) is 0.484. The van der Waals surface area contributed by atoms with Gasteiger partial charge in [-0.1, -0.05) is 12.1 Å². The van der Waals surface area contributed by atoms with Crippen LogP contribution in [0.25, 0.3) is 11.4 Å². The molecule has 0 unspecified atom stereocenters. The largest absolute Gasteiger partial charge is 0.467 e. The topological polar surface area (TPSA) is 67.3 Å². The number of benzene rings is 1. The molecule has 1 aromatic carbocycles. The van der Waals surface area contributed by atoms with Crippen molar-refractivity contribution >= 4 is 11.8 Å². The number of piperazine rings is 1. The number of hydrogen-bond acceptors (Lipinski definition) is 7. The Morgan fingerprint density at radius 3 is 2.23 bits per heavy atom. The monoisotopic (exact) mass is 498 g/mol. The molecule has 1 saturated heterocycles. The lowest BCUT2D eigenvalue weighted by molar-refractivity contribution is -0.138. The zero-order chi connectivity index (χ0) is 25.4. The van der Waals surface area contributed by atoms with Gasteiger partial charge >= 0.3 is 18.4 Å². The van der Waals surface area contributed by atoms with Gasteiger partial charge in [0.15, 0.2) is 5.82 Å². The Kier molecular flexibility index (Phi) is 6.43. The molecule has 0 spiro atoms. The fourth-order valence-corrected chi connectivity index (χ4v) is 3.82. The summed E-state index contributed by atoms with van der Waals surface area (Å²) in [5.74, 6) is 0.167. The van der Waals surface area contributed by atoms with Gasteiger partial charge in [0, 0.05) is 37.4 Å². The fraction of sp³-hybridized carbons (Fsp3) is 0.364. The number of aromatic nitrogens is 4. The SMILES string of the molecule is COc1nc(-c2ccc(C(F)(F)F)cc2)nc(N2CCN(c3ncccc3C(F)(F)F)C[C@@H]2C)n1.